The molecule has 2 unspecified atom stereocenters. The van der Waals surface area contributed by atoms with Crippen molar-refractivity contribution in [3.05, 3.63) is 35.6 Å². The van der Waals surface area contributed by atoms with Crippen LogP contribution in [0.3, 0.4) is 0 Å². The molecule has 0 spiro atoms. The van der Waals surface area contributed by atoms with Gasteiger partial charge in [-0.15, -0.1) is 0 Å². The van der Waals surface area contributed by atoms with Gasteiger partial charge in [0.2, 0.25) is 0 Å². The molecule has 112 valence electrons. The van der Waals surface area contributed by atoms with E-state index in [1.54, 1.807) is 6.07 Å². The molecule has 3 nitrogen and oxygen atoms in total. The van der Waals surface area contributed by atoms with Gasteiger partial charge in [0.15, 0.2) is 0 Å². The molecular weight excluding hydrogens is 255 g/mol. The van der Waals surface area contributed by atoms with Gasteiger partial charge in [0.05, 0.1) is 13.2 Å². The van der Waals surface area contributed by atoms with Crippen molar-refractivity contribution in [3.8, 4) is 0 Å². The van der Waals surface area contributed by atoms with Crippen molar-refractivity contribution in [2.24, 2.45) is 5.92 Å². The predicted octanol–water partition coefficient (Wildman–Crippen LogP) is 2.27. The first-order chi connectivity index (χ1) is 9.70. The number of nitrogens with one attached hydrogen (secondary N) is 1. The minimum absolute atomic E-state index is 0.123. The molecular formula is C16H25FN2O. The maximum absolute atomic E-state index is 13.6. The van der Waals surface area contributed by atoms with Crippen LogP contribution < -0.4 is 5.32 Å². The van der Waals surface area contributed by atoms with Gasteiger partial charge >= 0.3 is 0 Å². The standard InChI is InChI=1S/C16H25FN2O/c1-3-8-18-16-12-20-11-14(16)10-19(2)9-13-6-4-5-7-15(13)17/h4-7,14,16,18H,3,8-12H2,1-2H3. The fourth-order valence-corrected chi connectivity index (χ4v) is 2.72. The molecule has 2 atom stereocenters. The third-order valence-corrected chi connectivity index (χ3v) is 3.80. The number of hydrogen-bond donors (Lipinski definition) is 1. The first kappa shape index (κ1) is 15.4. The number of ether oxygens (including phenoxy) is 1. The van der Waals surface area contributed by atoms with Gasteiger partial charge in [0.1, 0.15) is 5.82 Å². The summed E-state index contributed by atoms with van der Waals surface area (Å²) in [6, 6.07) is 7.42. The number of nitrogens with zero attached hydrogens (tertiary/aromatic N) is 1. The highest BCUT2D eigenvalue weighted by atomic mass is 19.1. The number of rotatable bonds is 7. The largest absolute Gasteiger partial charge is 0.379 e. The van der Waals surface area contributed by atoms with E-state index in [0.29, 0.717) is 18.5 Å². The molecule has 1 aliphatic rings. The molecule has 1 aromatic carbocycles. The summed E-state index contributed by atoms with van der Waals surface area (Å²) in [5.41, 5.74) is 0.756. The molecule has 1 N–H and O–H groups in total. The van der Waals surface area contributed by atoms with Crippen LogP contribution in [0.15, 0.2) is 24.3 Å². The van der Waals surface area contributed by atoms with Gasteiger partial charge in [-0.1, -0.05) is 25.1 Å². The van der Waals surface area contributed by atoms with Crippen molar-refractivity contribution in [3.63, 3.8) is 0 Å². The van der Waals surface area contributed by atoms with Crippen molar-refractivity contribution < 1.29 is 9.13 Å². The van der Waals surface area contributed by atoms with Gasteiger partial charge in [-0.25, -0.2) is 4.39 Å². The van der Waals surface area contributed by atoms with E-state index in [1.807, 2.05) is 19.2 Å². The summed E-state index contributed by atoms with van der Waals surface area (Å²) in [5.74, 6) is 0.362. The van der Waals surface area contributed by atoms with E-state index in [0.717, 1.165) is 38.3 Å². The van der Waals surface area contributed by atoms with E-state index in [-0.39, 0.29) is 5.82 Å². The maximum Gasteiger partial charge on any atom is 0.127 e. The van der Waals surface area contributed by atoms with Crippen LogP contribution in [0.1, 0.15) is 18.9 Å². The summed E-state index contributed by atoms with van der Waals surface area (Å²) in [4.78, 5) is 2.18. The Morgan fingerprint density at radius 3 is 2.90 bits per heavy atom. The van der Waals surface area contributed by atoms with Crippen LogP contribution in [0.4, 0.5) is 4.39 Å². The SMILES string of the molecule is CCCNC1COCC1CN(C)Cc1ccccc1F. The Balaban J connectivity index is 1.84. The van der Waals surface area contributed by atoms with E-state index in [1.165, 1.54) is 6.07 Å². The van der Waals surface area contributed by atoms with Crippen LogP contribution in [0, 0.1) is 11.7 Å². The number of hydrogen-bond acceptors (Lipinski definition) is 3. The minimum atomic E-state index is -0.123. The van der Waals surface area contributed by atoms with E-state index in [9.17, 15) is 4.39 Å². The molecule has 0 bridgehead atoms. The van der Waals surface area contributed by atoms with E-state index < -0.39 is 0 Å². The highest BCUT2D eigenvalue weighted by molar-refractivity contribution is 5.17. The molecule has 4 heteroatoms. The molecule has 20 heavy (non-hydrogen) atoms. The molecule has 0 saturated carbocycles. The Hall–Kier alpha value is -0.970. The lowest BCUT2D eigenvalue weighted by molar-refractivity contribution is 0.172. The average molecular weight is 280 g/mol. The summed E-state index contributed by atoms with van der Waals surface area (Å²) in [5, 5.41) is 3.54. The molecule has 1 aromatic rings. The monoisotopic (exact) mass is 280 g/mol. The first-order valence-corrected chi connectivity index (χ1v) is 7.43. The number of halogens is 1. The smallest absolute Gasteiger partial charge is 0.127 e. The van der Waals surface area contributed by atoms with Gasteiger partial charge in [-0.3, -0.25) is 0 Å². The molecule has 0 amide bonds. The molecule has 0 aromatic heterocycles. The summed E-state index contributed by atoms with van der Waals surface area (Å²) >= 11 is 0. The van der Waals surface area contributed by atoms with Gasteiger partial charge in [-0.05, 0) is 26.1 Å². The van der Waals surface area contributed by atoms with E-state index in [4.69, 9.17) is 4.74 Å². The van der Waals surface area contributed by atoms with Crippen molar-refractivity contribution in [1.29, 1.82) is 0 Å². The van der Waals surface area contributed by atoms with Crippen molar-refractivity contribution in [1.82, 2.24) is 10.2 Å². The third kappa shape index (κ3) is 4.27. The second-order valence-electron chi connectivity index (χ2n) is 5.65. The Bertz CT molecular complexity index is 413. The highest BCUT2D eigenvalue weighted by Crippen LogP contribution is 2.17. The number of benzene rings is 1. The minimum Gasteiger partial charge on any atom is -0.379 e. The summed E-state index contributed by atoms with van der Waals surface area (Å²) in [6.45, 7) is 6.35. The lowest BCUT2D eigenvalue weighted by Crippen LogP contribution is -2.41. The van der Waals surface area contributed by atoms with Crippen LogP contribution in [0.25, 0.3) is 0 Å². The lowest BCUT2D eigenvalue weighted by atomic mass is 10.0. The van der Waals surface area contributed by atoms with Gasteiger partial charge in [-0.2, -0.15) is 0 Å². The second kappa shape index (κ2) is 7.72. The second-order valence-corrected chi connectivity index (χ2v) is 5.65. The van der Waals surface area contributed by atoms with Gasteiger partial charge in [0, 0.05) is 30.6 Å². The van der Waals surface area contributed by atoms with Gasteiger partial charge < -0.3 is 15.0 Å². The molecule has 1 saturated heterocycles. The Labute approximate surface area is 121 Å². The Morgan fingerprint density at radius 1 is 1.35 bits per heavy atom. The molecule has 0 radical (unpaired) electrons. The van der Waals surface area contributed by atoms with Crippen molar-refractivity contribution in [2.75, 3.05) is 33.4 Å². The summed E-state index contributed by atoms with van der Waals surface area (Å²) in [6.07, 6.45) is 1.13. The topological polar surface area (TPSA) is 24.5 Å². The molecule has 1 heterocycles. The first-order valence-electron chi connectivity index (χ1n) is 7.43. The zero-order valence-corrected chi connectivity index (χ0v) is 12.4. The van der Waals surface area contributed by atoms with Crippen LogP contribution >= 0.6 is 0 Å². The van der Waals surface area contributed by atoms with Crippen molar-refractivity contribution >= 4 is 0 Å². The average Bonchev–Trinajstić information content (AvgIpc) is 2.86. The third-order valence-electron chi connectivity index (χ3n) is 3.80. The zero-order valence-electron chi connectivity index (χ0n) is 12.4. The van der Waals surface area contributed by atoms with Crippen molar-refractivity contribution in [2.45, 2.75) is 25.9 Å². The fourth-order valence-electron chi connectivity index (χ4n) is 2.72. The molecule has 2 rings (SSSR count). The van der Waals surface area contributed by atoms with Crippen LogP contribution in [0.2, 0.25) is 0 Å². The van der Waals surface area contributed by atoms with Crippen LogP contribution in [-0.4, -0.2) is 44.3 Å². The molecule has 0 aliphatic carbocycles. The lowest BCUT2D eigenvalue weighted by Gasteiger charge is -2.25. The van der Waals surface area contributed by atoms with E-state index in [2.05, 4.69) is 17.1 Å². The zero-order chi connectivity index (χ0) is 14.4. The van der Waals surface area contributed by atoms with Gasteiger partial charge in [0.25, 0.3) is 0 Å². The Morgan fingerprint density at radius 2 is 2.15 bits per heavy atom. The van der Waals surface area contributed by atoms with E-state index >= 15 is 0 Å². The predicted molar refractivity (Wildman–Crippen MR) is 79.1 cm³/mol. The van der Waals surface area contributed by atoms with Crippen LogP contribution in [0.5, 0.6) is 0 Å². The quantitative estimate of drug-likeness (QED) is 0.829. The maximum atomic E-state index is 13.6. The molecule has 1 fully saturated rings. The van der Waals surface area contributed by atoms with Crippen LogP contribution in [-0.2, 0) is 11.3 Å². The summed E-state index contributed by atoms with van der Waals surface area (Å²) in [7, 11) is 2.04. The highest BCUT2D eigenvalue weighted by Gasteiger charge is 2.28. The molecule has 1 aliphatic heterocycles. The summed E-state index contributed by atoms with van der Waals surface area (Å²) < 4.78 is 19.2. The fraction of sp³-hybridized carbons (Fsp3) is 0.625. The Kier molecular flexibility index (Phi) is 5.95. The normalized spacial score (nSPS) is 22.6.